The van der Waals surface area contributed by atoms with Crippen molar-refractivity contribution in [2.75, 3.05) is 19.7 Å². The van der Waals surface area contributed by atoms with E-state index in [9.17, 15) is 9.90 Å². The van der Waals surface area contributed by atoms with E-state index in [-0.39, 0.29) is 18.6 Å². The van der Waals surface area contributed by atoms with E-state index >= 15 is 0 Å². The molecule has 2 fully saturated rings. The number of rotatable bonds is 5. The van der Waals surface area contributed by atoms with Gasteiger partial charge in [-0.1, -0.05) is 6.92 Å². The molecule has 2 rings (SSSR count). The van der Waals surface area contributed by atoms with Gasteiger partial charge >= 0.3 is 0 Å². The number of nitrogens with one attached hydrogen (secondary N) is 1. The molecule has 1 saturated carbocycles. The van der Waals surface area contributed by atoms with E-state index in [1.165, 1.54) is 0 Å². The van der Waals surface area contributed by atoms with E-state index in [1.807, 2.05) is 0 Å². The van der Waals surface area contributed by atoms with Gasteiger partial charge in [-0.2, -0.15) is 0 Å². The van der Waals surface area contributed by atoms with Gasteiger partial charge < -0.3 is 10.4 Å². The van der Waals surface area contributed by atoms with Gasteiger partial charge in [-0.15, -0.1) is 0 Å². The summed E-state index contributed by atoms with van der Waals surface area (Å²) in [5, 5.41) is 12.3. The number of amides is 1. The third-order valence-corrected chi connectivity index (χ3v) is 3.75. The van der Waals surface area contributed by atoms with Crippen molar-refractivity contribution in [3.8, 4) is 0 Å². The van der Waals surface area contributed by atoms with Crippen molar-refractivity contribution < 1.29 is 9.90 Å². The Bertz CT molecular complexity index is 253. The molecule has 0 bridgehead atoms. The Labute approximate surface area is 97.0 Å². The fraction of sp³-hybridized carbons (Fsp3) is 0.917. The van der Waals surface area contributed by atoms with E-state index in [0.29, 0.717) is 18.4 Å². The smallest absolute Gasteiger partial charge is 0.221 e. The van der Waals surface area contributed by atoms with Crippen LogP contribution in [-0.4, -0.2) is 47.7 Å². The molecule has 0 aromatic heterocycles. The van der Waals surface area contributed by atoms with Crippen molar-refractivity contribution in [3.05, 3.63) is 0 Å². The average Bonchev–Trinajstić information content (AvgIpc) is 2.98. The Morgan fingerprint density at radius 3 is 2.81 bits per heavy atom. The lowest BCUT2D eigenvalue weighted by Crippen LogP contribution is -2.38. The maximum Gasteiger partial charge on any atom is 0.221 e. The lowest BCUT2D eigenvalue weighted by Gasteiger charge is -2.24. The summed E-state index contributed by atoms with van der Waals surface area (Å²) in [5.74, 6) is 0.718. The van der Waals surface area contributed by atoms with Crippen molar-refractivity contribution in [3.63, 3.8) is 0 Å². The zero-order valence-corrected chi connectivity index (χ0v) is 9.98. The van der Waals surface area contributed by atoms with Gasteiger partial charge in [0, 0.05) is 25.0 Å². The van der Waals surface area contributed by atoms with Crippen LogP contribution < -0.4 is 5.32 Å². The summed E-state index contributed by atoms with van der Waals surface area (Å²) in [6.07, 6.45) is 3.99. The van der Waals surface area contributed by atoms with Crippen LogP contribution >= 0.6 is 0 Å². The number of carbonyl (C=O) groups is 1. The van der Waals surface area contributed by atoms with Crippen molar-refractivity contribution in [2.45, 2.75) is 44.7 Å². The summed E-state index contributed by atoms with van der Waals surface area (Å²) in [6, 6.07) is 0.715. The Kier molecular flexibility index (Phi) is 3.82. The zero-order valence-electron chi connectivity index (χ0n) is 9.98. The molecule has 4 heteroatoms. The van der Waals surface area contributed by atoms with Gasteiger partial charge in [0.15, 0.2) is 0 Å². The number of carbonyl (C=O) groups excluding carboxylic acids is 1. The van der Waals surface area contributed by atoms with Gasteiger partial charge in [0.1, 0.15) is 0 Å². The summed E-state index contributed by atoms with van der Waals surface area (Å²) in [7, 11) is 0. The van der Waals surface area contributed by atoms with Crippen LogP contribution in [0, 0.1) is 5.92 Å². The van der Waals surface area contributed by atoms with E-state index < -0.39 is 0 Å². The molecule has 1 saturated heterocycles. The Balaban J connectivity index is 1.70. The molecular weight excluding hydrogens is 204 g/mol. The molecule has 92 valence electrons. The predicted molar refractivity (Wildman–Crippen MR) is 62.0 cm³/mol. The first kappa shape index (κ1) is 11.9. The predicted octanol–water partition coefficient (Wildman–Crippen LogP) is 0.358. The van der Waals surface area contributed by atoms with Gasteiger partial charge in [-0.25, -0.2) is 0 Å². The molecule has 1 aliphatic carbocycles. The molecule has 16 heavy (non-hydrogen) atoms. The van der Waals surface area contributed by atoms with E-state index in [4.69, 9.17) is 0 Å². The zero-order chi connectivity index (χ0) is 11.5. The monoisotopic (exact) mass is 226 g/mol. The first-order valence-electron chi connectivity index (χ1n) is 6.35. The van der Waals surface area contributed by atoms with E-state index in [2.05, 4.69) is 17.1 Å². The van der Waals surface area contributed by atoms with Crippen LogP contribution in [0.3, 0.4) is 0 Å². The Hall–Kier alpha value is -0.610. The van der Waals surface area contributed by atoms with Crippen LogP contribution in [0.4, 0.5) is 0 Å². The van der Waals surface area contributed by atoms with Gasteiger partial charge in [-0.3, -0.25) is 9.69 Å². The largest absolute Gasteiger partial charge is 0.395 e. The molecule has 2 aliphatic rings. The normalized spacial score (nSPS) is 30.6. The first-order chi connectivity index (χ1) is 7.70. The highest BCUT2D eigenvalue weighted by molar-refractivity contribution is 5.76. The van der Waals surface area contributed by atoms with Crippen LogP contribution in [-0.2, 0) is 4.79 Å². The molecule has 0 radical (unpaired) electrons. The molecule has 1 heterocycles. The summed E-state index contributed by atoms with van der Waals surface area (Å²) in [6.45, 7) is 4.19. The number of hydrogen-bond acceptors (Lipinski definition) is 3. The minimum absolute atomic E-state index is 0.166. The summed E-state index contributed by atoms with van der Waals surface area (Å²) in [4.78, 5) is 13.8. The third-order valence-electron chi connectivity index (χ3n) is 3.75. The van der Waals surface area contributed by atoms with Crippen molar-refractivity contribution in [1.29, 1.82) is 0 Å². The molecule has 2 atom stereocenters. The van der Waals surface area contributed by atoms with Crippen LogP contribution in [0.25, 0.3) is 0 Å². The van der Waals surface area contributed by atoms with Crippen LogP contribution in [0.1, 0.15) is 32.6 Å². The fourth-order valence-electron chi connectivity index (χ4n) is 2.43. The maximum absolute atomic E-state index is 11.5. The van der Waals surface area contributed by atoms with Crippen molar-refractivity contribution >= 4 is 5.91 Å². The highest BCUT2D eigenvalue weighted by Crippen LogP contribution is 2.23. The minimum atomic E-state index is 0.166. The maximum atomic E-state index is 11.5. The highest BCUT2D eigenvalue weighted by atomic mass is 16.3. The molecule has 2 N–H and O–H groups in total. The van der Waals surface area contributed by atoms with Gasteiger partial charge in [0.2, 0.25) is 5.91 Å². The fourth-order valence-corrected chi connectivity index (χ4v) is 2.43. The van der Waals surface area contributed by atoms with Crippen LogP contribution in [0.5, 0.6) is 0 Å². The Morgan fingerprint density at radius 2 is 2.19 bits per heavy atom. The molecule has 2 unspecified atom stereocenters. The molecule has 4 nitrogen and oxygen atoms in total. The van der Waals surface area contributed by atoms with Crippen molar-refractivity contribution in [1.82, 2.24) is 10.2 Å². The standard InChI is InChI=1S/C12H22N2O2/c1-9-4-6-14(11(9)8-15)7-5-12(16)13-10-2-3-10/h9-11,15H,2-8H2,1H3,(H,13,16). The molecule has 0 aromatic carbocycles. The van der Waals surface area contributed by atoms with Crippen molar-refractivity contribution in [2.24, 2.45) is 5.92 Å². The lowest BCUT2D eigenvalue weighted by atomic mass is 10.0. The number of hydrogen-bond donors (Lipinski definition) is 2. The number of aliphatic hydroxyl groups excluding tert-OH is 1. The number of nitrogens with zero attached hydrogens (tertiary/aromatic N) is 1. The van der Waals surface area contributed by atoms with Gasteiger partial charge in [0.05, 0.1) is 6.61 Å². The summed E-state index contributed by atoms with van der Waals surface area (Å²) in [5.41, 5.74) is 0. The Morgan fingerprint density at radius 1 is 1.44 bits per heavy atom. The molecular formula is C12H22N2O2. The van der Waals surface area contributed by atoms with Gasteiger partial charge in [0.25, 0.3) is 0 Å². The second-order valence-electron chi connectivity index (χ2n) is 5.14. The first-order valence-corrected chi connectivity index (χ1v) is 6.35. The van der Waals surface area contributed by atoms with Crippen LogP contribution in [0.15, 0.2) is 0 Å². The molecule has 0 spiro atoms. The quantitative estimate of drug-likeness (QED) is 0.711. The highest BCUT2D eigenvalue weighted by Gasteiger charge is 2.30. The second kappa shape index (κ2) is 5.15. The average molecular weight is 226 g/mol. The third kappa shape index (κ3) is 2.95. The SMILES string of the molecule is CC1CCN(CCC(=O)NC2CC2)C1CO. The lowest BCUT2D eigenvalue weighted by molar-refractivity contribution is -0.121. The van der Waals surface area contributed by atoms with Gasteiger partial charge in [-0.05, 0) is 31.7 Å². The second-order valence-corrected chi connectivity index (χ2v) is 5.14. The summed E-state index contributed by atoms with van der Waals surface area (Å²) < 4.78 is 0. The number of aliphatic hydroxyl groups is 1. The topological polar surface area (TPSA) is 52.6 Å². The molecule has 1 aliphatic heterocycles. The minimum Gasteiger partial charge on any atom is -0.395 e. The van der Waals surface area contributed by atoms with E-state index in [1.54, 1.807) is 0 Å². The number of likely N-dealkylation sites (tertiary alicyclic amines) is 1. The van der Waals surface area contributed by atoms with E-state index in [0.717, 1.165) is 32.4 Å². The summed E-state index contributed by atoms with van der Waals surface area (Å²) >= 11 is 0. The van der Waals surface area contributed by atoms with Crippen LogP contribution in [0.2, 0.25) is 0 Å². The molecule has 0 aromatic rings. The molecule has 1 amide bonds.